The van der Waals surface area contributed by atoms with Crippen LogP contribution in [0.5, 0.6) is 5.88 Å². The van der Waals surface area contributed by atoms with E-state index in [0.29, 0.717) is 19.0 Å². The van der Waals surface area contributed by atoms with Crippen LogP contribution >= 0.6 is 0 Å². The molecule has 2 aromatic rings. The van der Waals surface area contributed by atoms with Crippen molar-refractivity contribution in [2.24, 2.45) is 0 Å². The van der Waals surface area contributed by atoms with Crippen molar-refractivity contribution in [3.63, 3.8) is 0 Å². The van der Waals surface area contributed by atoms with Crippen LogP contribution in [-0.4, -0.2) is 49.5 Å². The lowest BCUT2D eigenvalue weighted by atomic mass is 10.1. The van der Waals surface area contributed by atoms with Crippen LogP contribution in [0.4, 0.5) is 0 Å². The Hall–Kier alpha value is -2.97. The first-order chi connectivity index (χ1) is 12.1. The van der Waals surface area contributed by atoms with Gasteiger partial charge in [0.2, 0.25) is 11.8 Å². The van der Waals surface area contributed by atoms with E-state index in [4.69, 9.17) is 4.74 Å². The van der Waals surface area contributed by atoms with E-state index < -0.39 is 11.2 Å². The van der Waals surface area contributed by atoms with Crippen LogP contribution in [0.25, 0.3) is 0 Å². The first-order valence-electron chi connectivity index (χ1n) is 8.12. The summed E-state index contributed by atoms with van der Waals surface area (Å²) < 4.78 is 7.11. The molecule has 1 fully saturated rings. The Morgan fingerprint density at radius 2 is 2.24 bits per heavy atom. The molecular weight excluding hydrogens is 326 g/mol. The van der Waals surface area contributed by atoms with Crippen molar-refractivity contribution in [1.29, 1.82) is 0 Å². The third kappa shape index (κ3) is 4.52. The number of carbonyl (C=O) groups is 1. The molecule has 1 amide bonds. The number of carbonyl (C=O) groups excluding carboxylic acids is 1. The maximum absolute atomic E-state index is 12.4. The molecule has 132 valence electrons. The number of H-pyrrole nitrogens is 1. The van der Waals surface area contributed by atoms with E-state index in [2.05, 4.69) is 15.0 Å². The Morgan fingerprint density at radius 1 is 1.36 bits per heavy atom. The van der Waals surface area contributed by atoms with Crippen LogP contribution in [0, 0.1) is 0 Å². The molecule has 0 spiro atoms. The highest BCUT2D eigenvalue weighted by Crippen LogP contribution is 2.16. The van der Waals surface area contributed by atoms with Crippen molar-refractivity contribution in [2.45, 2.75) is 31.9 Å². The number of nitrogens with one attached hydrogen (secondary N) is 1. The van der Waals surface area contributed by atoms with E-state index in [0.717, 1.165) is 12.8 Å². The number of nitrogens with zero attached hydrogens (tertiary/aromatic N) is 4. The molecule has 0 saturated carbocycles. The summed E-state index contributed by atoms with van der Waals surface area (Å²) in [5.41, 5.74) is -0.961. The Balaban J connectivity index is 1.54. The molecule has 1 aliphatic rings. The van der Waals surface area contributed by atoms with Gasteiger partial charge in [0.25, 0.3) is 5.56 Å². The van der Waals surface area contributed by atoms with Crippen molar-refractivity contribution in [3.05, 3.63) is 51.7 Å². The number of amides is 1. The highest BCUT2D eigenvalue weighted by molar-refractivity contribution is 5.76. The smallest absolute Gasteiger partial charge is 0.328 e. The molecule has 0 aliphatic carbocycles. The highest BCUT2D eigenvalue weighted by Gasteiger charge is 2.25. The lowest BCUT2D eigenvalue weighted by Gasteiger charge is -2.32. The van der Waals surface area contributed by atoms with E-state index in [1.807, 2.05) is 0 Å². The van der Waals surface area contributed by atoms with Crippen LogP contribution in [-0.2, 0) is 11.3 Å². The predicted molar refractivity (Wildman–Crippen MR) is 88.2 cm³/mol. The van der Waals surface area contributed by atoms with Gasteiger partial charge < -0.3 is 14.2 Å². The minimum Gasteiger partial charge on any atom is -0.472 e. The van der Waals surface area contributed by atoms with Crippen LogP contribution in [0.3, 0.4) is 0 Å². The minimum absolute atomic E-state index is 0.0471. The molecule has 0 radical (unpaired) electrons. The first-order valence-corrected chi connectivity index (χ1v) is 8.12. The molecule has 9 nitrogen and oxygen atoms in total. The molecule has 9 heteroatoms. The second-order valence-electron chi connectivity index (χ2n) is 5.82. The fourth-order valence-corrected chi connectivity index (χ4v) is 2.77. The number of likely N-dealkylation sites (tertiary alicyclic amines) is 1. The van der Waals surface area contributed by atoms with Gasteiger partial charge in [-0.2, -0.15) is 0 Å². The largest absolute Gasteiger partial charge is 0.472 e. The summed E-state index contributed by atoms with van der Waals surface area (Å²) in [6.45, 7) is 1.38. The molecule has 1 atom stereocenters. The van der Waals surface area contributed by atoms with Crippen LogP contribution in [0.15, 0.2) is 40.4 Å². The predicted octanol–water partition coefficient (Wildman–Crippen LogP) is -0.213. The minimum atomic E-state index is -0.510. The van der Waals surface area contributed by atoms with E-state index >= 15 is 0 Å². The average Bonchev–Trinajstić information content (AvgIpc) is 2.62. The van der Waals surface area contributed by atoms with Gasteiger partial charge in [-0.15, -0.1) is 0 Å². The zero-order valence-electron chi connectivity index (χ0n) is 13.6. The lowest BCUT2D eigenvalue weighted by Crippen LogP contribution is -2.45. The van der Waals surface area contributed by atoms with Crippen molar-refractivity contribution < 1.29 is 9.53 Å². The van der Waals surface area contributed by atoms with Crippen molar-refractivity contribution in [2.75, 3.05) is 13.1 Å². The molecular formula is C16H19N5O4. The van der Waals surface area contributed by atoms with Gasteiger partial charge in [0.15, 0.2) is 0 Å². The summed E-state index contributed by atoms with van der Waals surface area (Å²) in [7, 11) is 0. The van der Waals surface area contributed by atoms with Crippen molar-refractivity contribution >= 4 is 5.91 Å². The van der Waals surface area contributed by atoms with Crippen LogP contribution in [0.2, 0.25) is 0 Å². The third-order valence-electron chi connectivity index (χ3n) is 4.04. The van der Waals surface area contributed by atoms with Gasteiger partial charge in [-0.05, 0) is 12.8 Å². The number of aromatic nitrogens is 4. The SMILES string of the molecule is O=C(CCn1ccc(=O)[nH]c1=O)N1CCC[C@@H](Oc2ccncn2)C1. The molecule has 1 N–H and O–H groups in total. The molecule has 1 saturated heterocycles. The second kappa shape index (κ2) is 7.73. The van der Waals surface area contributed by atoms with Gasteiger partial charge >= 0.3 is 5.69 Å². The Labute approximate surface area is 143 Å². The summed E-state index contributed by atoms with van der Waals surface area (Å²) in [5, 5.41) is 0. The number of ether oxygens (including phenoxy) is 1. The second-order valence-corrected chi connectivity index (χ2v) is 5.82. The van der Waals surface area contributed by atoms with Gasteiger partial charge in [-0.3, -0.25) is 14.6 Å². The maximum Gasteiger partial charge on any atom is 0.328 e. The maximum atomic E-state index is 12.4. The number of piperidine rings is 1. The number of aromatic amines is 1. The summed E-state index contributed by atoms with van der Waals surface area (Å²) in [6, 6.07) is 2.95. The fraction of sp³-hybridized carbons (Fsp3) is 0.438. The summed E-state index contributed by atoms with van der Waals surface area (Å²) in [5.74, 6) is 0.447. The molecule has 25 heavy (non-hydrogen) atoms. The normalized spacial score (nSPS) is 17.3. The number of hydrogen-bond donors (Lipinski definition) is 1. The molecule has 1 aliphatic heterocycles. The standard InChI is InChI=1S/C16H19N5O4/c22-13-4-8-20(16(24)19-13)9-5-15(23)21-7-1-2-12(10-21)25-14-3-6-17-11-18-14/h3-4,6,8,11-12H,1-2,5,7,9-10H2,(H,19,22,24)/t12-/m1/s1. The Kier molecular flexibility index (Phi) is 5.22. The zero-order valence-corrected chi connectivity index (χ0v) is 13.6. The fourth-order valence-electron chi connectivity index (χ4n) is 2.77. The van der Waals surface area contributed by atoms with Crippen molar-refractivity contribution in [1.82, 2.24) is 24.4 Å². The quantitative estimate of drug-likeness (QED) is 0.803. The Morgan fingerprint density at radius 3 is 3.00 bits per heavy atom. The van der Waals surface area contributed by atoms with Gasteiger partial charge in [-0.1, -0.05) is 0 Å². The first kappa shape index (κ1) is 16.9. The van der Waals surface area contributed by atoms with E-state index in [9.17, 15) is 14.4 Å². The molecule has 3 rings (SSSR count). The molecule has 0 aromatic carbocycles. The van der Waals surface area contributed by atoms with Gasteiger partial charge in [-0.25, -0.2) is 14.8 Å². The average molecular weight is 345 g/mol. The monoisotopic (exact) mass is 345 g/mol. The molecule has 0 unspecified atom stereocenters. The van der Waals surface area contributed by atoms with Crippen LogP contribution < -0.4 is 16.0 Å². The van der Waals surface area contributed by atoms with E-state index in [1.165, 1.54) is 23.2 Å². The topological polar surface area (TPSA) is 110 Å². The summed E-state index contributed by atoms with van der Waals surface area (Å²) >= 11 is 0. The third-order valence-corrected chi connectivity index (χ3v) is 4.04. The zero-order chi connectivity index (χ0) is 17.6. The van der Waals surface area contributed by atoms with Gasteiger partial charge in [0, 0.05) is 44.0 Å². The summed E-state index contributed by atoms with van der Waals surface area (Å²) in [4.78, 5) is 46.9. The summed E-state index contributed by atoms with van der Waals surface area (Å²) in [6.07, 6.45) is 6.20. The molecule has 3 heterocycles. The highest BCUT2D eigenvalue weighted by atomic mass is 16.5. The van der Waals surface area contributed by atoms with Gasteiger partial charge in [0.1, 0.15) is 12.4 Å². The van der Waals surface area contributed by atoms with Crippen molar-refractivity contribution in [3.8, 4) is 5.88 Å². The number of rotatable bonds is 5. The lowest BCUT2D eigenvalue weighted by molar-refractivity contribution is -0.134. The molecule has 0 bridgehead atoms. The van der Waals surface area contributed by atoms with E-state index in [1.54, 1.807) is 17.2 Å². The van der Waals surface area contributed by atoms with Crippen LogP contribution in [0.1, 0.15) is 19.3 Å². The molecule has 2 aromatic heterocycles. The Bertz CT molecular complexity index is 832. The van der Waals surface area contributed by atoms with Gasteiger partial charge in [0.05, 0.1) is 6.54 Å². The number of hydrogen-bond acceptors (Lipinski definition) is 6. The number of aryl methyl sites for hydroxylation is 1. The van der Waals surface area contributed by atoms with E-state index in [-0.39, 0.29) is 25.0 Å².